The number of carboxylic acids is 1. The van der Waals surface area contributed by atoms with Crippen LogP contribution in [0.4, 0.5) is 13.2 Å². The minimum atomic E-state index is -4.70. The van der Waals surface area contributed by atoms with Crippen LogP contribution in [-0.4, -0.2) is 33.6 Å². The fourth-order valence-electron chi connectivity index (χ4n) is 4.33. The van der Waals surface area contributed by atoms with Crippen molar-refractivity contribution in [2.24, 2.45) is 5.41 Å². The molecule has 0 spiro atoms. The number of carbonyl (C=O) groups is 1. The number of alkyl halides is 3. The lowest BCUT2D eigenvalue weighted by Gasteiger charge is -2.69. The predicted octanol–water partition coefficient (Wildman–Crippen LogP) is 3.05. The Hall–Kier alpha value is -1.57. The molecular formula is C15H17F3N2O3. The Balaban J connectivity index is 1.71. The average Bonchev–Trinajstić information content (AvgIpc) is 3.11. The molecule has 1 aromatic rings. The Labute approximate surface area is 130 Å². The molecule has 4 aliphatic carbocycles. The second-order valence-electron chi connectivity index (χ2n) is 7.26. The number of rotatable bonds is 5. The van der Waals surface area contributed by atoms with Gasteiger partial charge in [0, 0.05) is 19.6 Å². The quantitative estimate of drug-likeness (QED) is 0.901. The van der Waals surface area contributed by atoms with Crippen LogP contribution >= 0.6 is 0 Å². The molecule has 0 radical (unpaired) electrons. The van der Waals surface area contributed by atoms with Crippen LogP contribution in [0.25, 0.3) is 0 Å². The van der Waals surface area contributed by atoms with Crippen LogP contribution in [0.2, 0.25) is 0 Å². The van der Waals surface area contributed by atoms with Gasteiger partial charge in [-0.25, -0.2) is 4.79 Å². The van der Waals surface area contributed by atoms with Crippen molar-refractivity contribution in [3.63, 3.8) is 0 Å². The smallest absolute Gasteiger partial charge is 0.420 e. The van der Waals surface area contributed by atoms with Gasteiger partial charge in [-0.15, -0.1) is 0 Å². The van der Waals surface area contributed by atoms with Gasteiger partial charge in [0.1, 0.15) is 5.56 Å². The van der Waals surface area contributed by atoms with Gasteiger partial charge >= 0.3 is 12.1 Å². The molecule has 5 nitrogen and oxygen atoms in total. The molecule has 2 bridgehead atoms. The number of aromatic carboxylic acids is 1. The van der Waals surface area contributed by atoms with E-state index >= 15 is 0 Å². The molecule has 0 amide bonds. The Morgan fingerprint density at radius 1 is 1.39 bits per heavy atom. The van der Waals surface area contributed by atoms with Crippen molar-refractivity contribution in [2.45, 2.75) is 56.3 Å². The van der Waals surface area contributed by atoms with Gasteiger partial charge in [0.2, 0.25) is 0 Å². The molecule has 5 rings (SSSR count). The Kier molecular flexibility index (Phi) is 2.79. The van der Waals surface area contributed by atoms with Gasteiger partial charge in [0.05, 0.1) is 11.3 Å². The third-order valence-electron chi connectivity index (χ3n) is 5.44. The number of halogens is 3. The van der Waals surface area contributed by atoms with Crippen molar-refractivity contribution in [3.8, 4) is 0 Å². The van der Waals surface area contributed by atoms with Crippen LogP contribution in [0.15, 0.2) is 0 Å². The van der Waals surface area contributed by atoms with Crippen molar-refractivity contribution in [1.29, 1.82) is 0 Å². The van der Waals surface area contributed by atoms with Crippen LogP contribution in [0.1, 0.15) is 59.8 Å². The highest BCUT2D eigenvalue weighted by atomic mass is 19.4. The van der Waals surface area contributed by atoms with Gasteiger partial charge in [-0.05, 0) is 37.5 Å². The van der Waals surface area contributed by atoms with Crippen molar-refractivity contribution in [3.05, 3.63) is 17.0 Å². The molecule has 0 aromatic carbocycles. The van der Waals surface area contributed by atoms with E-state index in [-0.39, 0.29) is 29.2 Å². The zero-order valence-electron chi connectivity index (χ0n) is 12.6. The number of hydrogen-bond acceptors (Lipinski definition) is 3. The number of methoxy groups -OCH3 is 1. The van der Waals surface area contributed by atoms with Gasteiger partial charge in [-0.3, -0.25) is 4.68 Å². The van der Waals surface area contributed by atoms with E-state index in [0.717, 1.165) is 23.9 Å². The van der Waals surface area contributed by atoms with Gasteiger partial charge in [-0.2, -0.15) is 18.3 Å². The molecule has 0 saturated heterocycles. The van der Waals surface area contributed by atoms with Crippen LogP contribution in [-0.2, 0) is 17.5 Å². The topological polar surface area (TPSA) is 64.4 Å². The lowest BCUT2D eigenvalue weighted by molar-refractivity contribution is -0.280. The highest BCUT2D eigenvalue weighted by Gasteiger charge is 2.68. The Morgan fingerprint density at radius 2 is 2.00 bits per heavy atom. The fraction of sp³-hybridized carbons (Fsp3) is 0.733. The van der Waals surface area contributed by atoms with Crippen molar-refractivity contribution < 1.29 is 27.8 Å². The molecule has 1 heterocycles. The van der Waals surface area contributed by atoms with Crippen molar-refractivity contribution in [2.75, 3.05) is 7.11 Å². The SMILES string of the molecule is COC12CC(Cn3nc(C4CC4)c(C(F)(F)F)c3C(=O)O)(C1)C2. The van der Waals surface area contributed by atoms with E-state index in [4.69, 9.17) is 4.74 Å². The molecule has 8 heteroatoms. The van der Waals surface area contributed by atoms with E-state index in [2.05, 4.69) is 5.10 Å². The molecule has 0 atom stereocenters. The maximum absolute atomic E-state index is 13.4. The average molecular weight is 330 g/mol. The van der Waals surface area contributed by atoms with Gasteiger partial charge in [-0.1, -0.05) is 0 Å². The first-order chi connectivity index (χ1) is 10.7. The zero-order chi connectivity index (χ0) is 16.6. The molecular weight excluding hydrogens is 313 g/mol. The summed E-state index contributed by atoms with van der Waals surface area (Å²) in [7, 11) is 1.63. The number of nitrogens with zero attached hydrogens (tertiary/aromatic N) is 2. The molecule has 0 aliphatic heterocycles. The molecule has 4 saturated carbocycles. The van der Waals surface area contributed by atoms with Gasteiger partial charge in [0.25, 0.3) is 0 Å². The monoisotopic (exact) mass is 330 g/mol. The maximum Gasteiger partial charge on any atom is 0.420 e. The summed E-state index contributed by atoms with van der Waals surface area (Å²) >= 11 is 0. The standard InChI is InChI=1S/C15H17F3N2O3/c1-23-14-4-13(5-14,6-14)7-20-11(12(21)22)9(15(16,17)18)10(19-20)8-2-3-8/h8H,2-7H2,1H3,(H,21,22). The first-order valence-corrected chi connectivity index (χ1v) is 7.65. The minimum Gasteiger partial charge on any atom is -0.477 e. The lowest BCUT2D eigenvalue weighted by atomic mass is 9.41. The first-order valence-electron chi connectivity index (χ1n) is 7.65. The largest absolute Gasteiger partial charge is 0.477 e. The third-order valence-corrected chi connectivity index (χ3v) is 5.44. The number of aromatic nitrogens is 2. The fourth-order valence-corrected chi connectivity index (χ4v) is 4.33. The van der Waals surface area contributed by atoms with Crippen molar-refractivity contribution in [1.82, 2.24) is 9.78 Å². The van der Waals surface area contributed by atoms with Crippen LogP contribution in [0.3, 0.4) is 0 Å². The van der Waals surface area contributed by atoms with Crippen LogP contribution < -0.4 is 0 Å². The first kappa shape index (κ1) is 15.0. The molecule has 23 heavy (non-hydrogen) atoms. The van der Waals surface area contributed by atoms with Crippen LogP contribution in [0.5, 0.6) is 0 Å². The van der Waals surface area contributed by atoms with E-state index in [1.54, 1.807) is 7.11 Å². The van der Waals surface area contributed by atoms with E-state index in [0.29, 0.717) is 12.8 Å². The van der Waals surface area contributed by atoms with Crippen LogP contribution in [0, 0.1) is 5.41 Å². The molecule has 1 aromatic heterocycles. The molecule has 4 aliphatic rings. The highest BCUT2D eigenvalue weighted by Crippen LogP contribution is 2.69. The second-order valence-corrected chi connectivity index (χ2v) is 7.26. The van der Waals surface area contributed by atoms with E-state index < -0.39 is 23.4 Å². The summed E-state index contributed by atoms with van der Waals surface area (Å²) in [6.07, 6.45) is -1.15. The number of hydrogen-bond donors (Lipinski definition) is 1. The Bertz CT molecular complexity index is 671. The number of ether oxygens (including phenoxy) is 1. The Morgan fingerprint density at radius 3 is 2.43 bits per heavy atom. The summed E-state index contributed by atoms with van der Waals surface area (Å²) in [5, 5.41) is 13.4. The second kappa shape index (κ2) is 4.28. The lowest BCUT2D eigenvalue weighted by Crippen LogP contribution is -2.69. The summed E-state index contributed by atoms with van der Waals surface area (Å²) in [6, 6.07) is 0. The molecule has 4 fully saturated rings. The van der Waals surface area contributed by atoms with Crippen molar-refractivity contribution >= 4 is 5.97 Å². The summed E-state index contributed by atoms with van der Waals surface area (Å²) in [5.74, 6) is -1.82. The molecule has 126 valence electrons. The maximum atomic E-state index is 13.4. The van der Waals surface area contributed by atoms with E-state index in [1.165, 1.54) is 0 Å². The highest BCUT2D eigenvalue weighted by molar-refractivity contribution is 5.88. The van der Waals surface area contributed by atoms with Gasteiger partial charge in [0.15, 0.2) is 5.69 Å². The zero-order valence-corrected chi connectivity index (χ0v) is 12.6. The third kappa shape index (κ3) is 2.10. The summed E-state index contributed by atoms with van der Waals surface area (Å²) < 4.78 is 46.6. The molecule has 0 unspecified atom stereocenters. The van der Waals surface area contributed by atoms with E-state index in [9.17, 15) is 23.1 Å². The summed E-state index contributed by atoms with van der Waals surface area (Å²) in [6.45, 7) is 0.218. The van der Waals surface area contributed by atoms with E-state index in [1.807, 2.05) is 0 Å². The summed E-state index contributed by atoms with van der Waals surface area (Å²) in [4.78, 5) is 11.5. The molecule has 1 N–H and O–H groups in total. The normalized spacial score (nSPS) is 32.3. The number of carboxylic acid groups (broad SMARTS) is 1. The summed E-state index contributed by atoms with van der Waals surface area (Å²) in [5.41, 5.74) is -2.15. The predicted molar refractivity (Wildman–Crippen MR) is 72.2 cm³/mol. The minimum absolute atomic E-state index is 0.0945. The van der Waals surface area contributed by atoms with Gasteiger partial charge < -0.3 is 9.84 Å².